The number of hydrogen-bond acceptors (Lipinski definition) is 3. The van der Waals surface area contributed by atoms with Gasteiger partial charge in [-0.05, 0) is 18.1 Å². The summed E-state index contributed by atoms with van der Waals surface area (Å²) in [6, 6.07) is 10.4. The lowest BCUT2D eigenvalue weighted by molar-refractivity contribution is 0.694. The maximum Gasteiger partial charge on any atom is 0.0640 e. The van der Waals surface area contributed by atoms with Crippen molar-refractivity contribution in [1.82, 2.24) is 0 Å². The van der Waals surface area contributed by atoms with Crippen molar-refractivity contribution in [2.75, 3.05) is 18.5 Å². The topological polar surface area (TPSA) is 53.0 Å². The molecule has 0 bridgehead atoms. The van der Waals surface area contributed by atoms with Crippen LogP contribution in [0.3, 0.4) is 0 Å². The molecule has 1 atom stereocenters. The van der Waals surface area contributed by atoms with Crippen molar-refractivity contribution >= 4 is 5.69 Å². The first kappa shape index (κ1) is 12.5. The number of nitriles is 1. The van der Waals surface area contributed by atoms with Crippen molar-refractivity contribution < 1.29 is 0 Å². The minimum atomic E-state index is 0.0701. The molecule has 0 aliphatic carbocycles. The van der Waals surface area contributed by atoms with Crippen LogP contribution in [0.2, 0.25) is 0 Å². The first-order valence-corrected chi connectivity index (χ1v) is 5.63. The Labute approximate surface area is 97.5 Å². The molecule has 0 fully saturated rings. The minimum absolute atomic E-state index is 0.0701. The van der Waals surface area contributed by atoms with E-state index in [1.165, 1.54) is 0 Å². The van der Waals surface area contributed by atoms with Gasteiger partial charge in [0.15, 0.2) is 0 Å². The molecule has 0 radical (unpaired) electrons. The average molecular weight is 217 g/mol. The van der Waals surface area contributed by atoms with Crippen molar-refractivity contribution in [2.24, 2.45) is 5.73 Å². The normalized spacial score (nSPS) is 11.9. The van der Waals surface area contributed by atoms with Crippen molar-refractivity contribution in [3.8, 4) is 6.07 Å². The monoisotopic (exact) mass is 217 g/mol. The summed E-state index contributed by atoms with van der Waals surface area (Å²) < 4.78 is 0. The molecule has 3 heteroatoms. The quantitative estimate of drug-likeness (QED) is 0.824. The Morgan fingerprint density at radius 1 is 1.44 bits per heavy atom. The van der Waals surface area contributed by atoms with Crippen molar-refractivity contribution in [2.45, 2.75) is 25.8 Å². The lowest BCUT2D eigenvalue weighted by Gasteiger charge is -2.23. The highest BCUT2D eigenvalue weighted by Crippen LogP contribution is 2.25. The zero-order chi connectivity index (χ0) is 12.0. The number of anilines is 1. The van der Waals surface area contributed by atoms with E-state index in [0.29, 0.717) is 6.42 Å². The molecule has 0 aliphatic rings. The largest absolute Gasteiger partial charge is 0.373 e. The van der Waals surface area contributed by atoms with Gasteiger partial charge in [0, 0.05) is 25.3 Å². The first-order valence-electron chi connectivity index (χ1n) is 5.63. The maximum absolute atomic E-state index is 8.59. The summed E-state index contributed by atoms with van der Waals surface area (Å²) in [5.74, 6) is 0. The Morgan fingerprint density at radius 3 is 2.75 bits per heavy atom. The molecular weight excluding hydrogens is 198 g/mol. The lowest BCUT2D eigenvalue weighted by atomic mass is 10.0. The molecule has 0 saturated carbocycles. The predicted octanol–water partition coefficient (Wildman–Crippen LogP) is 2.45. The Hall–Kier alpha value is -1.53. The van der Waals surface area contributed by atoms with Crippen molar-refractivity contribution in [1.29, 1.82) is 5.26 Å². The van der Waals surface area contributed by atoms with E-state index < -0.39 is 0 Å². The number of hydrogen-bond donors (Lipinski definition) is 1. The molecule has 0 saturated heterocycles. The van der Waals surface area contributed by atoms with E-state index in [1.54, 1.807) is 0 Å². The molecule has 0 aromatic heterocycles. The number of benzene rings is 1. The second kappa shape index (κ2) is 6.14. The van der Waals surface area contributed by atoms with Gasteiger partial charge in [-0.25, -0.2) is 0 Å². The number of nitrogens with zero attached hydrogens (tertiary/aromatic N) is 2. The average Bonchev–Trinajstić information content (AvgIpc) is 2.35. The second-order valence-electron chi connectivity index (χ2n) is 3.90. The molecule has 1 aromatic rings. The number of nitrogens with two attached hydrogens (primary N) is 1. The second-order valence-corrected chi connectivity index (χ2v) is 3.90. The van der Waals surface area contributed by atoms with Gasteiger partial charge in [-0.1, -0.05) is 25.1 Å². The molecule has 1 rings (SSSR count). The van der Waals surface area contributed by atoms with E-state index in [4.69, 9.17) is 11.0 Å². The van der Waals surface area contributed by atoms with E-state index in [9.17, 15) is 0 Å². The molecule has 0 heterocycles. The molecule has 1 unspecified atom stereocenters. The third-order valence-corrected chi connectivity index (χ3v) is 2.75. The van der Waals surface area contributed by atoms with Crippen LogP contribution >= 0.6 is 0 Å². The van der Waals surface area contributed by atoms with E-state index >= 15 is 0 Å². The molecular formula is C13H19N3. The standard InChI is InChI=1S/C13H19N3/c1-3-12(15)11-7-4-5-8-13(11)16(2)10-6-9-14/h4-5,7-8,12H,3,6,10,15H2,1-2H3. The molecule has 3 nitrogen and oxygen atoms in total. The highest BCUT2D eigenvalue weighted by atomic mass is 15.1. The fourth-order valence-corrected chi connectivity index (χ4v) is 1.71. The van der Waals surface area contributed by atoms with Crippen LogP contribution in [0.25, 0.3) is 0 Å². The smallest absolute Gasteiger partial charge is 0.0640 e. The van der Waals surface area contributed by atoms with Gasteiger partial charge in [-0.2, -0.15) is 5.26 Å². The Kier molecular flexibility index (Phi) is 4.81. The van der Waals surface area contributed by atoms with Crippen LogP contribution in [-0.2, 0) is 0 Å². The Morgan fingerprint density at radius 2 is 2.12 bits per heavy atom. The first-order chi connectivity index (χ1) is 7.70. The molecule has 0 spiro atoms. The van der Waals surface area contributed by atoms with Crippen LogP contribution in [0.4, 0.5) is 5.69 Å². The van der Waals surface area contributed by atoms with Gasteiger partial charge in [-0.3, -0.25) is 0 Å². The van der Waals surface area contributed by atoms with Crippen LogP contribution in [0.1, 0.15) is 31.4 Å². The molecule has 86 valence electrons. The van der Waals surface area contributed by atoms with E-state index in [1.807, 2.05) is 19.2 Å². The Bertz CT molecular complexity index is 368. The van der Waals surface area contributed by atoms with Gasteiger partial charge in [0.1, 0.15) is 0 Å². The van der Waals surface area contributed by atoms with Crippen LogP contribution in [0.5, 0.6) is 0 Å². The molecule has 1 aromatic carbocycles. The van der Waals surface area contributed by atoms with Crippen LogP contribution < -0.4 is 10.6 Å². The van der Waals surface area contributed by atoms with Crippen molar-refractivity contribution in [3.05, 3.63) is 29.8 Å². The Balaban J connectivity index is 2.90. The van der Waals surface area contributed by atoms with E-state index in [0.717, 1.165) is 24.2 Å². The summed E-state index contributed by atoms with van der Waals surface area (Å²) in [6.45, 7) is 2.82. The van der Waals surface area contributed by atoms with Gasteiger partial charge in [-0.15, -0.1) is 0 Å². The van der Waals surface area contributed by atoms with Gasteiger partial charge >= 0.3 is 0 Å². The predicted molar refractivity (Wildman–Crippen MR) is 67.2 cm³/mol. The van der Waals surface area contributed by atoms with Gasteiger partial charge in [0.05, 0.1) is 12.5 Å². The maximum atomic E-state index is 8.59. The minimum Gasteiger partial charge on any atom is -0.373 e. The SMILES string of the molecule is CCC(N)c1ccccc1N(C)CCC#N. The zero-order valence-corrected chi connectivity index (χ0v) is 9.98. The van der Waals surface area contributed by atoms with Gasteiger partial charge in [0.25, 0.3) is 0 Å². The fourth-order valence-electron chi connectivity index (χ4n) is 1.71. The van der Waals surface area contributed by atoms with Crippen molar-refractivity contribution in [3.63, 3.8) is 0 Å². The summed E-state index contributed by atoms with van der Waals surface area (Å²) in [4.78, 5) is 2.09. The highest BCUT2D eigenvalue weighted by Gasteiger charge is 2.11. The summed E-state index contributed by atoms with van der Waals surface area (Å²) in [5.41, 5.74) is 8.36. The van der Waals surface area contributed by atoms with Crippen LogP contribution in [0.15, 0.2) is 24.3 Å². The summed E-state index contributed by atoms with van der Waals surface area (Å²) >= 11 is 0. The van der Waals surface area contributed by atoms with Crippen LogP contribution in [0, 0.1) is 11.3 Å². The summed E-state index contributed by atoms with van der Waals surface area (Å²) in [7, 11) is 2.00. The van der Waals surface area contributed by atoms with Crippen LogP contribution in [-0.4, -0.2) is 13.6 Å². The lowest BCUT2D eigenvalue weighted by Crippen LogP contribution is -2.22. The zero-order valence-electron chi connectivity index (χ0n) is 9.98. The highest BCUT2D eigenvalue weighted by molar-refractivity contribution is 5.54. The molecule has 0 amide bonds. The summed E-state index contributed by atoms with van der Waals surface area (Å²) in [6.07, 6.45) is 1.45. The molecule has 16 heavy (non-hydrogen) atoms. The van der Waals surface area contributed by atoms with Gasteiger partial charge in [0.2, 0.25) is 0 Å². The number of para-hydroxylation sites is 1. The molecule has 2 N–H and O–H groups in total. The third-order valence-electron chi connectivity index (χ3n) is 2.75. The fraction of sp³-hybridized carbons (Fsp3) is 0.462. The molecule has 0 aliphatic heterocycles. The van der Waals surface area contributed by atoms with E-state index in [2.05, 4.69) is 30.0 Å². The number of rotatable bonds is 5. The summed E-state index contributed by atoms with van der Waals surface area (Å²) in [5, 5.41) is 8.59. The van der Waals surface area contributed by atoms with E-state index in [-0.39, 0.29) is 6.04 Å². The third kappa shape index (κ3) is 2.98. The van der Waals surface area contributed by atoms with Gasteiger partial charge < -0.3 is 10.6 Å².